The van der Waals surface area contributed by atoms with Crippen LogP contribution < -0.4 is 0 Å². The van der Waals surface area contributed by atoms with E-state index >= 15 is 0 Å². The normalized spacial score (nSPS) is 35.0. The van der Waals surface area contributed by atoms with Crippen LogP contribution in [0.2, 0.25) is 0 Å². The summed E-state index contributed by atoms with van der Waals surface area (Å²) in [6.45, 7) is 1.61. The summed E-state index contributed by atoms with van der Waals surface area (Å²) in [5.74, 6) is -6.07. The number of carbonyl (C=O) groups is 3. The Morgan fingerprint density at radius 2 is 2.00 bits per heavy atom. The fourth-order valence-corrected chi connectivity index (χ4v) is 3.46. The molecule has 0 spiro atoms. The Kier molecular flexibility index (Phi) is 5.14. The highest BCUT2D eigenvalue weighted by Gasteiger charge is 2.58. The minimum atomic E-state index is -4.57. The lowest BCUT2D eigenvalue weighted by atomic mass is 9.78. The summed E-state index contributed by atoms with van der Waals surface area (Å²) < 4.78 is 59.6. The first-order chi connectivity index (χ1) is 12.2. The second-order valence-electron chi connectivity index (χ2n) is 6.86. The lowest BCUT2D eigenvalue weighted by Gasteiger charge is -2.33. The van der Waals surface area contributed by atoms with Gasteiger partial charge in [-0.05, 0) is 6.92 Å². The van der Waals surface area contributed by atoms with E-state index < -0.39 is 66.6 Å². The van der Waals surface area contributed by atoms with Crippen molar-refractivity contribution in [2.45, 2.75) is 50.7 Å². The lowest BCUT2D eigenvalue weighted by molar-refractivity contribution is -0.206. The van der Waals surface area contributed by atoms with Crippen molar-refractivity contribution in [3.05, 3.63) is 0 Å². The molecule has 0 radical (unpaired) electrons. The van der Waals surface area contributed by atoms with Crippen LogP contribution in [0.25, 0.3) is 0 Å². The van der Waals surface area contributed by atoms with Crippen molar-refractivity contribution in [2.75, 3.05) is 13.2 Å². The van der Waals surface area contributed by atoms with Gasteiger partial charge in [-0.1, -0.05) is 0 Å². The average molecular weight is 380 g/mol. The summed E-state index contributed by atoms with van der Waals surface area (Å²) in [5, 5.41) is 0. The molecule has 3 fully saturated rings. The first-order valence-corrected chi connectivity index (χ1v) is 8.42. The molecule has 0 aromatic rings. The minimum absolute atomic E-state index is 0.111. The van der Waals surface area contributed by atoms with Gasteiger partial charge in [0, 0.05) is 19.3 Å². The third kappa shape index (κ3) is 3.79. The molecule has 2 heterocycles. The second-order valence-corrected chi connectivity index (χ2v) is 6.86. The van der Waals surface area contributed by atoms with Gasteiger partial charge in [-0.25, -0.2) is 4.79 Å². The number of ether oxygens (including phenoxy) is 4. The largest absolute Gasteiger partial charge is 0.464 e. The van der Waals surface area contributed by atoms with Crippen molar-refractivity contribution < 1.29 is 46.5 Å². The van der Waals surface area contributed by atoms with Gasteiger partial charge in [0.15, 0.2) is 6.10 Å². The number of hydrogen-bond donors (Lipinski definition) is 0. The van der Waals surface area contributed by atoms with Gasteiger partial charge in [0.25, 0.3) is 0 Å². The number of carbonyl (C=O) groups excluding carboxylic acids is 3. The maximum atomic E-state index is 13.2. The molecule has 2 bridgehead atoms. The average Bonchev–Trinajstić information content (AvgIpc) is 3.10. The van der Waals surface area contributed by atoms with Crippen LogP contribution in [-0.4, -0.2) is 55.6 Å². The molecular weight excluding hydrogens is 361 g/mol. The summed E-state index contributed by atoms with van der Waals surface area (Å²) >= 11 is 0. The Labute approximate surface area is 147 Å². The monoisotopic (exact) mass is 380 g/mol. The van der Waals surface area contributed by atoms with E-state index in [-0.39, 0.29) is 19.6 Å². The molecule has 0 aromatic carbocycles. The first-order valence-electron chi connectivity index (χ1n) is 8.42. The maximum Gasteiger partial charge on any atom is 0.392 e. The lowest BCUT2D eigenvalue weighted by Crippen LogP contribution is -2.43. The molecule has 1 aliphatic carbocycles. The first kappa shape index (κ1) is 18.9. The van der Waals surface area contributed by atoms with E-state index in [2.05, 4.69) is 0 Å². The minimum Gasteiger partial charge on any atom is -0.464 e. The molecule has 2 aliphatic heterocycles. The standard InChI is InChI=1S/C16H19F3O7/c1-7(6-24-10-2-3-23-15(10)22)13(20)25-12-5-9(16(17,18)19)8-4-11(12)26-14(8)21/h7-12H,2-6H2,1H3. The highest BCUT2D eigenvalue weighted by molar-refractivity contribution is 5.77. The van der Waals surface area contributed by atoms with E-state index in [9.17, 15) is 27.6 Å². The number of halogens is 3. The van der Waals surface area contributed by atoms with Gasteiger partial charge < -0.3 is 18.9 Å². The van der Waals surface area contributed by atoms with Crippen LogP contribution in [0.4, 0.5) is 13.2 Å². The number of hydrogen-bond acceptors (Lipinski definition) is 7. The summed E-state index contributed by atoms with van der Waals surface area (Å²) in [6.07, 6.45) is -7.54. The Balaban J connectivity index is 1.56. The SMILES string of the molecule is CC(COC1CCOC1=O)C(=O)OC1CC(C(F)(F)F)C2CC1OC2=O. The van der Waals surface area contributed by atoms with Crippen molar-refractivity contribution in [1.29, 1.82) is 0 Å². The number of esters is 3. The van der Waals surface area contributed by atoms with Crippen LogP contribution in [0.5, 0.6) is 0 Å². The smallest absolute Gasteiger partial charge is 0.392 e. The summed E-state index contributed by atoms with van der Waals surface area (Å²) in [4.78, 5) is 35.1. The molecule has 1 saturated carbocycles. The van der Waals surface area contributed by atoms with Crippen LogP contribution in [0, 0.1) is 17.8 Å². The summed E-state index contributed by atoms with van der Waals surface area (Å²) in [7, 11) is 0. The molecule has 0 N–H and O–H groups in total. The Hall–Kier alpha value is -1.84. The molecule has 26 heavy (non-hydrogen) atoms. The van der Waals surface area contributed by atoms with Crippen molar-refractivity contribution in [2.24, 2.45) is 17.8 Å². The number of rotatable bonds is 5. The molecule has 0 amide bonds. The zero-order valence-electron chi connectivity index (χ0n) is 14.0. The van der Waals surface area contributed by atoms with Gasteiger partial charge >= 0.3 is 24.1 Å². The molecular formula is C16H19F3O7. The Morgan fingerprint density at radius 3 is 2.62 bits per heavy atom. The highest BCUT2D eigenvalue weighted by atomic mass is 19.4. The van der Waals surface area contributed by atoms with E-state index in [1.165, 1.54) is 6.92 Å². The van der Waals surface area contributed by atoms with Crippen LogP contribution in [0.15, 0.2) is 0 Å². The topological polar surface area (TPSA) is 88.1 Å². The van der Waals surface area contributed by atoms with Crippen molar-refractivity contribution >= 4 is 17.9 Å². The number of cyclic esters (lactones) is 1. The highest BCUT2D eigenvalue weighted by Crippen LogP contribution is 2.47. The summed E-state index contributed by atoms with van der Waals surface area (Å²) in [5.41, 5.74) is 0. The maximum absolute atomic E-state index is 13.2. The van der Waals surface area contributed by atoms with E-state index in [1.54, 1.807) is 0 Å². The zero-order chi connectivity index (χ0) is 19.1. The Bertz CT molecular complexity index is 591. The van der Waals surface area contributed by atoms with Gasteiger partial charge in [0.05, 0.1) is 31.0 Å². The Morgan fingerprint density at radius 1 is 1.27 bits per heavy atom. The molecule has 3 rings (SSSR count). The van der Waals surface area contributed by atoms with Gasteiger partial charge in [0.1, 0.15) is 12.2 Å². The third-order valence-corrected chi connectivity index (χ3v) is 4.97. The fourth-order valence-electron chi connectivity index (χ4n) is 3.46. The van der Waals surface area contributed by atoms with E-state index in [0.717, 1.165) is 0 Å². The summed E-state index contributed by atoms with van der Waals surface area (Å²) in [6, 6.07) is 0. The predicted octanol–water partition coefficient (Wildman–Crippen LogP) is 1.38. The van der Waals surface area contributed by atoms with E-state index in [4.69, 9.17) is 18.9 Å². The van der Waals surface area contributed by atoms with Crippen molar-refractivity contribution in [1.82, 2.24) is 0 Å². The van der Waals surface area contributed by atoms with Crippen molar-refractivity contribution in [3.8, 4) is 0 Å². The number of alkyl halides is 3. The van der Waals surface area contributed by atoms with Crippen LogP contribution in [-0.2, 0) is 33.3 Å². The van der Waals surface area contributed by atoms with Crippen molar-refractivity contribution in [3.63, 3.8) is 0 Å². The molecule has 2 saturated heterocycles. The van der Waals surface area contributed by atoms with Crippen LogP contribution in [0.3, 0.4) is 0 Å². The molecule has 10 heteroatoms. The van der Waals surface area contributed by atoms with Crippen LogP contribution >= 0.6 is 0 Å². The zero-order valence-corrected chi connectivity index (χ0v) is 14.0. The molecule has 3 aliphatic rings. The fraction of sp³-hybridized carbons (Fsp3) is 0.812. The molecule has 6 unspecified atom stereocenters. The molecule has 6 atom stereocenters. The third-order valence-electron chi connectivity index (χ3n) is 4.97. The van der Waals surface area contributed by atoms with Gasteiger partial charge in [-0.3, -0.25) is 9.59 Å². The van der Waals surface area contributed by atoms with E-state index in [1.807, 2.05) is 0 Å². The van der Waals surface area contributed by atoms with Crippen LogP contribution in [0.1, 0.15) is 26.2 Å². The molecule has 7 nitrogen and oxygen atoms in total. The second kappa shape index (κ2) is 7.05. The van der Waals surface area contributed by atoms with Gasteiger partial charge in [-0.2, -0.15) is 13.2 Å². The predicted molar refractivity (Wildman–Crippen MR) is 76.5 cm³/mol. The molecule has 146 valence electrons. The quantitative estimate of drug-likeness (QED) is 0.526. The molecule has 0 aromatic heterocycles. The van der Waals surface area contributed by atoms with Gasteiger partial charge in [0.2, 0.25) is 0 Å². The number of fused-ring (bicyclic) bond motifs is 2. The van der Waals surface area contributed by atoms with E-state index in [0.29, 0.717) is 6.42 Å². The van der Waals surface area contributed by atoms with Gasteiger partial charge in [-0.15, -0.1) is 0 Å².